The van der Waals surface area contributed by atoms with E-state index in [-0.39, 0.29) is 38.0 Å². The van der Waals surface area contributed by atoms with Gasteiger partial charge in [-0.2, -0.15) is 0 Å². The van der Waals surface area contributed by atoms with Crippen LogP contribution in [0.1, 0.15) is 59.8 Å². The number of rotatable bonds is 16. The Kier molecular flexibility index (Phi) is 13.4. The van der Waals surface area contributed by atoms with Crippen LogP contribution in [0.5, 0.6) is 0 Å². The highest BCUT2D eigenvalue weighted by molar-refractivity contribution is 5.94. The molecule has 0 radical (unpaired) electrons. The van der Waals surface area contributed by atoms with Crippen LogP contribution < -0.4 is 33.2 Å². The maximum absolute atomic E-state index is 12.9. The molecule has 0 aliphatic rings. The molecule has 0 bridgehead atoms. The van der Waals surface area contributed by atoms with Gasteiger partial charge in [-0.05, 0) is 31.1 Å². The SMILES string of the molecule is CC(C)CC(NC(=O)C(NC(=O)C(CCC(N)=O)NC(=O)C(N)CCC(N)=O)C(C)C)C(=O)O. The Morgan fingerprint density at radius 2 is 1.24 bits per heavy atom. The van der Waals surface area contributed by atoms with Gasteiger partial charge in [0.2, 0.25) is 29.5 Å². The lowest BCUT2D eigenvalue weighted by atomic mass is 9.99. The number of carbonyl (C=O) groups excluding carboxylic acids is 5. The number of nitrogens with one attached hydrogen (secondary N) is 3. The minimum atomic E-state index is -1.25. The van der Waals surface area contributed by atoms with E-state index in [1.807, 2.05) is 13.8 Å². The molecular weight excluding hydrogens is 448 g/mol. The van der Waals surface area contributed by atoms with E-state index in [1.165, 1.54) is 0 Å². The van der Waals surface area contributed by atoms with E-state index in [0.717, 1.165) is 0 Å². The third-order valence-corrected chi connectivity index (χ3v) is 4.92. The molecule has 0 aromatic carbocycles. The maximum atomic E-state index is 12.9. The lowest BCUT2D eigenvalue weighted by Gasteiger charge is -2.27. The molecule has 0 fully saturated rings. The van der Waals surface area contributed by atoms with Gasteiger partial charge in [-0.15, -0.1) is 0 Å². The smallest absolute Gasteiger partial charge is 0.326 e. The number of carboxylic acids is 1. The number of aliphatic carboxylic acids is 1. The Morgan fingerprint density at radius 3 is 1.68 bits per heavy atom. The molecule has 34 heavy (non-hydrogen) atoms. The van der Waals surface area contributed by atoms with Gasteiger partial charge in [0.1, 0.15) is 18.1 Å². The Bertz CT molecular complexity index is 756. The summed E-state index contributed by atoms with van der Waals surface area (Å²) < 4.78 is 0. The molecule has 0 aromatic rings. The summed E-state index contributed by atoms with van der Waals surface area (Å²) in [5, 5.41) is 16.7. The van der Waals surface area contributed by atoms with E-state index in [9.17, 15) is 33.9 Å². The van der Waals surface area contributed by atoms with E-state index in [4.69, 9.17) is 17.2 Å². The van der Waals surface area contributed by atoms with Crippen LogP contribution >= 0.6 is 0 Å². The monoisotopic (exact) mass is 486 g/mol. The van der Waals surface area contributed by atoms with Crippen molar-refractivity contribution in [1.29, 1.82) is 0 Å². The van der Waals surface area contributed by atoms with Crippen molar-refractivity contribution in [2.75, 3.05) is 0 Å². The Labute approximate surface area is 198 Å². The molecule has 4 unspecified atom stereocenters. The Morgan fingerprint density at radius 1 is 0.735 bits per heavy atom. The van der Waals surface area contributed by atoms with Crippen molar-refractivity contribution in [1.82, 2.24) is 16.0 Å². The first-order chi connectivity index (χ1) is 15.6. The van der Waals surface area contributed by atoms with E-state index in [2.05, 4.69) is 16.0 Å². The predicted octanol–water partition coefficient (Wildman–Crippen LogP) is -1.91. The summed E-state index contributed by atoms with van der Waals surface area (Å²) in [6.45, 7) is 6.92. The molecule has 0 saturated carbocycles. The summed E-state index contributed by atoms with van der Waals surface area (Å²) >= 11 is 0. The van der Waals surface area contributed by atoms with Gasteiger partial charge in [0, 0.05) is 12.8 Å². The largest absolute Gasteiger partial charge is 0.480 e. The third kappa shape index (κ3) is 12.1. The van der Waals surface area contributed by atoms with E-state index < -0.39 is 65.6 Å². The second-order valence-electron chi connectivity index (χ2n) is 8.94. The van der Waals surface area contributed by atoms with Crippen LogP contribution in [0.4, 0.5) is 0 Å². The number of primary amides is 2. The minimum absolute atomic E-state index is 0.000608. The zero-order valence-electron chi connectivity index (χ0n) is 20.1. The molecule has 0 aliphatic carbocycles. The molecule has 0 rings (SSSR count). The zero-order valence-corrected chi connectivity index (χ0v) is 20.1. The molecule has 5 amide bonds. The predicted molar refractivity (Wildman–Crippen MR) is 123 cm³/mol. The van der Waals surface area contributed by atoms with Crippen LogP contribution in [0.2, 0.25) is 0 Å². The van der Waals surface area contributed by atoms with Crippen LogP contribution in [-0.4, -0.2) is 64.8 Å². The lowest BCUT2D eigenvalue weighted by Crippen LogP contribution is -2.58. The first-order valence-corrected chi connectivity index (χ1v) is 11.1. The van der Waals surface area contributed by atoms with Crippen LogP contribution in [0.3, 0.4) is 0 Å². The lowest BCUT2D eigenvalue weighted by molar-refractivity contribution is -0.143. The maximum Gasteiger partial charge on any atom is 0.326 e. The molecule has 4 atom stereocenters. The normalized spacial score (nSPS) is 14.6. The van der Waals surface area contributed by atoms with Crippen molar-refractivity contribution in [3.63, 3.8) is 0 Å². The summed E-state index contributed by atoms with van der Waals surface area (Å²) in [6, 6.07) is -4.63. The minimum Gasteiger partial charge on any atom is -0.480 e. The summed E-state index contributed by atoms with van der Waals surface area (Å²) in [5.74, 6) is -5.21. The fourth-order valence-corrected chi connectivity index (χ4v) is 3.01. The Balaban J connectivity index is 5.47. The quantitative estimate of drug-likeness (QED) is 0.129. The highest BCUT2D eigenvalue weighted by atomic mass is 16.4. The van der Waals surface area contributed by atoms with Gasteiger partial charge >= 0.3 is 5.97 Å². The van der Waals surface area contributed by atoms with Gasteiger partial charge in [0.05, 0.1) is 6.04 Å². The van der Waals surface area contributed by atoms with Crippen molar-refractivity contribution in [2.45, 2.75) is 84.0 Å². The second-order valence-corrected chi connectivity index (χ2v) is 8.94. The first kappa shape index (κ1) is 30.8. The second kappa shape index (κ2) is 14.8. The van der Waals surface area contributed by atoms with Gasteiger partial charge in [-0.3, -0.25) is 24.0 Å². The standard InChI is InChI=1S/C21H38N6O7/c1-10(2)9-14(21(33)34)26-20(32)17(11(3)4)27-19(31)13(6-8-16(24)29)25-18(30)12(22)5-7-15(23)28/h10-14,17H,5-9,22H2,1-4H3,(H2,23,28)(H2,24,29)(H,25,30)(H,26,32)(H,27,31)(H,33,34). The molecule has 13 nitrogen and oxygen atoms in total. The molecule has 194 valence electrons. The summed E-state index contributed by atoms with van der Waals surface area (Å²) in [5.41, 5.74) is 15.9. The first-order valence-electron chi connectivity index (χ1n) is 11.1. The molecule has 0 spiro atoms. The topological polar surface area (TPSA) is 237 Å². The Hall–Kier alpha value is -3.22. The van der Waals surface area contributed by atoms with Crippen molar-refractivity contribution >= 4 is 35.5 Å². The number of amides is 5. The average molecular weight is 487 g/mol. The van der Waals surface area contributed by atoms with E-state index in [1.54, 1.807) is 13.8 Å². The summed E-state index contributed by atoms with van der Waals surface area (Å²) in [4.78, 5) is 71.7. The van der Waals surface area contributed by atoms with Gasteiger partial charge in [-0.25, -0.2) is 4.79 Å². The number of hydrogen-bond acceptors (Lipinski definition) is 7. The average Bonchev–Trinajstić information content (AvgIpc) is 2.71. The fraction of sp³-hybridized carbons (Fsp3) is 0.714. The van der Waals surface area contributed by atoms with E-state index >= 15 is 0 Å². The van der Waals surface area contributed by atoms with Crippen molar-refractivity contribution in [3.8, 4) is 0 Å². The van der Waals surface area contributed by atoms with Crippen LogP contribution in [0.15, 0.2) is 0 Å². The molecule has 0 aromatic heterocycles. The molecule has 0 heterocycles. The van der Waals surface area contributed by atoms with Crippen molar-refractivity contribution in [2.24, 2.45) is 29.0 Å². The third-order valence-electron chi connectivity index (χ3n) is 4.92. The molecular formula is C21H38N6O7. The van der Waals surface area contributed by atoms with Crippen LogP contribution in [0, 0.1) is 11.8 Å². The summed E-state index contributed by atoms with van der Waals surface area (Å²) in [6.07, 6.45) is -0.381. The number of hydrogen-bond donors (Lipinski definition) is 7. The molecule has 10 N–H and O–H groups in total. The highest BCUT2D eigenvalue weighted by Crippen LogP contribution is 2.09. The van der Waals surface area contributed by atoms with Crippen molar-refractivity contribution in [3.05, 3.63) is 0 Å². The molecule has 0 saturated heterocycles. The van der Waals surface area contributed by atoms with Crippen molar-refractivity contribution < 1.29 is 33.9 Å². The van der Waals surface area contributed by atoms with Crippen LogP contribution in [-0.2, 0) is 28.8 Å². The number of carbonyl (C=O) groups is 6. The van der Waals surface area contributed by atoms with Gasteiger partial charge in [0.25, 0.3) is 0 Å². The van der Waals surface area contributed by atoms with Gasteiger partial charge in [0.15, 0.2) is 0 Å². The number of nitrogens with two attached hydrogens (primary N) is 3. The van der Waals surface area contributed by atoms with Crippen LogP contribution in [0.25, 0.3) is 0 Å². The van der Waals surface area contributed by atoms with E-state index in [0.29, 0.717) is 0 Å². The number of carboxylic acid groups (broad SMARTS) is 1. The fourth-order valence-electron chi connectivity index (χ4n) is 3.01. The highest BCUT2D eigenvalue weighted by Gasteiger charge is 2.32. The molecule has 0 aliphatic heterocycles. The van der Waals surface area contributed by atoms with Gasteiger partial charge in [-0.1, -0.05) is 27.7 Å². The van der Waals surface area contributed by atoms with Gasteiger partial charge < -0.3 is 38.3 Å². The zero-order chi connectivity index (χ0) is 26.6. The summed E-state index contributed by atoms with van der Waals surface area (Å²) in [7, 11) is 0. The molecule has 13 heteroatoms.